The molecular weight excluding hydrogens is 937 g/mol. The van der Waals surface area contributed by atoms with E-state index in [9.17, 15) is 10.2 Å². The fourth-order valence-electron chi connectivity index (χ4n) is 10.7. The van der Waals surface area contributed by atoms with Crippen LogP contribution in [0.4, 0.5) is 0 Å². The summed E-state index contributed by atoms with van der Waals surface area (Å²) in [7, 11) is 0. The van der Waals surface area contributed by atoms with Crippen LogP contribution < -0.4 is 9.47 Å². The van der Waals surface area contributed by atoms with Gasteiger partial charge in [-0.3, -0.25) is 0 Å². The van der Waals surface area contributed by atoms with Crippen LogP contribution >= 0.6 is 0 Å². The van der Waals surface area contributed by atoms with Crippen molar-refractivity contribution in [3.8, 4) is 67.5 Å². The summed E-state index contributed by atoms with van der Waals surface area (Å²) in [5.74, 6) is 2.10. The largest absolute Gasteiger partial charge is 0.508 e. The molecule has 8 heteroatoms. The normalized spacial score (nSPS) is 11.9. The fourth-order valence-corrected chi connectivity index (χ4v) is 10.7. The Morgan fingerprint density at radius 3 is 0.842 bits per heavy atom. The minimum Gasteiger partial charge on any atom is -0.508 e. The number of aromatic hydroxyl groups is 2. The Morgan fingerprint density at radius 2 is 0.566 bits per heavy atom. The number of unbranched alkanes of at least 4 members (excludes halogenated alkanes) is 18. The first-order chi connectivity index (χ1) is 37.4. The third kappa shape index (κ3) is 14.1. The molecule has 0 unspecified atom stereocenters. The number of rotatable bonds is 28. The summed E-state index contributed by atoms with van der Waals surface area (Å²) in [5, 5.41) is 20.8. The van der Waals surface area contributed by atoms with Crippen molar-refractivity contribution >= 4 is 46.4 Å². The Kier molecular flexibility index (Phi) is 19.3. The smallest absolute Gasteiger partial charge is 0.119 e. The highest BCUT2D eigenvalue weighted by molar-refractivity contribution is 6.00. The van der Waals surface area contributed by atoms with E-state index in [1.165, 1.54) is 116 Å². The zero-order chi connectivity index (χ0) is 52.3. The lowest BCUT2D eigenvalue weighted by Gasteiger charge is -2.09. The van der Waals surface area contributed by atoms with E-state index in [0.717, 1.165) is 114 Å². The summed E-state index contributed by atoms with van der Waals surface area (Å²) in [5.41, 5.74) is 14.2. The molecule has 4 aromatic carbocycles. The number of phenols is 2. The molecule has 76 heavy (non-hydrogen) atoms. The second-order valence-electron chi connectivity index (χ2n) is 20.7. The van der Waals surface area contributed by atoms with Gasteiger partial charge in [-0.1, -0.05) is 178 Å². The van der Waals surface area contributed by atoms with E-state index in [1.54, 1.807) is 24.3 Å². The topological polar surface area (TPSA) is 116 Å². The van der Waals surface area contributed by atoms with Crippen molar-refractivity contribution in [3.63, 3.8) is 0 Å². The zero-order valence-electron chi connectivity index (χ0n) is 45.0. The summed E-state index contributed by atoms with van der Waals surface area (Å²) in [6, 6.07) is 39.9. The summed E-state index contributed by atoms with van der Waals surface area (Å²) in [6.45, 7) is 5.95. The van der Waals surface area contributed by atoms with Gasteiger partial charge in [0, 0.05) is 44.3 Å². The standard InChI is InChI=1S/C68H78N4O4/c1-3-5-7-9-11-13-15-17-19-21-47-75-55-35-27-51(28-36-55)67-61-43-41-59(70-61)65(49-23-31-53(73)32-24-49)57-39-40-58(69-57)66(50-25-33-54(74)34-26-50)60-42-44-62(71-60)68(64-46-45-63(67)72-64)52-29-37-56(38-30-52)76-48-22-20-18-16-14-12-10-8-6-4-2/h23-46,69,72-74H,3-22,47-48H2,1-2H3. The van der Waals surface area contributed by atoms with Crippen LogP contribution in [0.1, 0.15) is 165 Å². The van der Waals surface area contributed by atoms with Gasteiger partial charge in [-0.25, -0.2) is 9.97 Å². The molecule has 2 aliphatic rings. The summed E-state index contributed by atoms with van der Waals surface area (Å²) in [4.78, 5) is 18.5. The molecule has 0 atom stereocenters. The van der Waals surface area contributed by atoms with Gasteiger partial charge in [0.1, 0.15) is 23.0 Å². The quantitative estimate of drug-likeness (QED) is 0.0363. The Morgan fingerprint density at radius 1 is 0.316 bits per heavy atom. The van der Waals surface area contributed by atoms with E-state index >= 15 is 0 Å². The lowest BCUT2D eigenvalue weighted by atomic mass is 10.0. The van der Waals surface area contributed by atoms with Crippen LogP contribution in [0.3, 0.4) is 0 Å². The second-order valence-corrected chi connectivity index (χ2v) is 20.7. The number of nitrogens with zero attached hydrogens (tertiary/aromatic N) is 2. The molecule has 0 saturated heterocycles. The number of benzene rings is 4. The number of hydrogen-bond donors (Lipinski definition) is 4. The number of H-pyrrole nitrogens is 2. The maximum absolute atomic E-state index is 10.4. The highest BCUT2D eigenvalue weighted by atomic mass is 16.5. The average molecular weight is 1020 g/mol. The van der Waals surface area contributed by atoms with Crippen LogP contribution in [0.5, 0.6) is 23.0 Å². The van der Waals surface area contributed by atoms with Crippen molar-refractivity contribution in [2.24, 2.45) is 0 Å². The highest BCUT2D eigenvalue weighted by Gasteiger charge is 2.19. The Hall–Kier alpha value is -7.32. The number of ether oxygens (including phenoxy) is 2. The number of aromatic nitrogens is 4. The van der Waals surface area contributed by atoms with Crippen LogP contribution in [0, 0.1) is 0 Å². The molecule has 0 fully saturated rings. The van der Waals surface area contributed by atoms with Gasteiger partial charge in [-0.15, -0.1) is 0 Å². The molecule has 8 bridgehead atoms. The molecule has 8 nitrogen and oxygen atoms in total. The summed E-state index contributed by atoms with van der Waals surface area (Å²) < 4.78 is 12.6. The molecule has 4 N–H and O–H groups in total. The maximum Gasteiger partial charge on any atom is 0.119 e. The number of nitrogens with one attached hydrogen (secondary N) is 2. The van der Waals surface area contributed by atoms with E-state index in [0.29, 0.717) is 13.2 Å². The number of phenolic OH excluding ortho intramolecular Hbond substituents is 2. The minimum atomic E-state index is 0.191. The van der Waals surface area contributed by atoms with Gasteiger partial charge in [0.05, 0.1) is 36.0 Å². The van der Waals surface area contributed by atoms with Gasteiger partial charge in [0.15, 0.2) is 0 Å². The second kappa shape index (κ2) is 27.5. The van der Waals surface area contributed by atoms with Crippen molar-refractivity contribution in [1.82, 2.24) is 19.9 Å². The fraction of sp³-hybridized carbons (Fsp3) is 0.353. The van der Waals surface area contributed by atoms with E-state index in [-0.39, 0.29) is 11.5 Å². The van der Waals surface area contributed by atoms with Crippen molar-refractivity contribution in [1.29, 1.82) is 0 Å². The van der Waals surface area contributed by atoms with E-state index in [4.69, 9.17) is 19.4 Å². The molecule has 3 aromatic heterocycles. The van der Waals surface area contributed by atoms with Gasteiger partial charge in [0.25, 0.3) is 0 Å². The first-order valence-corrected chi connectivity index (χ1v) is 28.7. The predicted octanol–water partition coefficient (Wildman–Crippen LogP) is 19.3. The predicted molar refractivity (Wildman–Crippen MR) is 319 cm³/mol. The zero-order valence-corrected chi connectivity index (χ0v) is 45.0. The van der Waals surface area contributed by atoms with E-state index in [1.807, 2.05) is 24.3 Å². The summed E-state index contributed by atoms with van der Waals surface area (Å²) >= 11 is 0. The van der Waals surface area contributed by atoms with Crippen molar-refractivity contribution in [3.05, 3.63) is 144 Å². The van der Waals surface area contributed by atoms with Crippen molar-refractivity contribution in [2.45, 2.75) is 142 Å². The lowest BCUT2D eigenvalue weighted by Crippen LogP contribution is -1.97. The third-order valence-electron chi connectivity index (χ3n) is 14.9. The molecule has 0 saturated carbocycles. The SMILES string of the molecule is CCCCCCCCCCCCOc1ccc(-c2c3nc(c(-c4ccc(O)cc4)c4ccc([nH]4)c(-c4ccc(O)cc4)c4nc(c(-c5ccc(OCCCCCCCCCCCC)cc5)c5ccc2[nH]5)C=C4)C=C3)cc1. The van der Waals surface area contributed by atoms with Gasteiger partial charge >= 0.3 is 0 Å². The van der Waals surface area contributed by atoms with Crippen LogP contribution in [-0.2, 0) is 0 Å². The summed E-state index contributed by atoms with van der Waals surface area (Å²) in [6.07, 6.45) is 34.2. The van der Waals surface area contributed by atoms with Crippen LogP contribution in [-0.4, -0.2) is 43.4 Å². The Balaban J connectivity index is 1.08. The monoisotopic (exact) mass is 1010 g/mol. The molecular formula is C68H78N4O4. The van der Waals surface area contributed by atoms with Crippen LogP contribution in [0.15, 0.2) is 121 Å². The molecule has 5 heterocycles. The molecule has 0 spiro atoms. The van der Waals surface area contributed by atoms with Gasteiger partial charge in [-0.2, -0.15) is 0 Å². The van der Waals surface area contributed by atoms with Crippen LogP contribution in [0.25, 0.3) is 90.9 Å². The average Bonchev–Trinajstić information content (AvgIpc) is 4.31. The number of aromatic amines is 2. The van der Waals surface area contributed by atoms with Gasteiger partial charge < -0.3 is 29.7 Å². The van der Waals surface area contributed by atoms with Gasteiger partial charge in [-0.05, 0) is 132 Å². The molecule has 2 aliphatic heterocycles. The molecule has 7 aromatic rings. The first kappa shape index (κ1) is 53.5. The lowest BCUT2D eigenvalue weighted by molar-refractivity contribution is 0.304. The maximum atomic E-state index is 10.4. The van der Waals surface area contributed by atoms with Crippen molar-refractivity contribution < 1.29 is 19.7 Å². The molecule has 0 amide bonds. The third-order valence-corrected chi connectivity index (χ3v) is 14.9. The highest BCUT2D eigenvalue weighted by Crippen LogP contribution is 2.39. The molecule has 394 valence electrons. The molecule has 9 rings (SSSR count). The number of fused-ring (bicyclic) bond motifs is 8. The first-order valence-electron chi connectivity index (χ1n) is 28.7. The number of hydrogen-bond acceptors (Lipinski definition) is 6. The van der Waals surface area contributed by atoms with Crippen LogP contribution in [0.2, 0.25) is 0 Å². The molecule has 0 aliphatic carbocycles. The van der Waals surface area contributed by atoms with E-state index in [2.05, 4.69) is 121 Å². The Labute approximate surface area is 451 Å². The molecule has 0 radical (unpaired) electrons. The van der Waals surface area contributed by atoms with Crippen molar-refractivity contribution in [2.75, 3.05) is 13.2 Å². The van der Waals surface area contributed by atoms with E-state index < -0.39 is 0 Å². The minimum absolute atomic E-state index is 0.191. The van der Waals surface area contributed by atoms with Gasteiger partial charge in [0.2, 0.25) is 0 Å². The Bertz CT molecular complexity index is 2970.